The van der Waals surface area contributed by atoms with Crippen LogP contribution >= 0.6 is 15.9 Å². The molecule has 1 aromatic rings. The summed E-state index contributed by atoms with van der Waals surface area (Å²) in [4.78, 5) is 22.1. The van der Waals surface area contributed by atoms with Crippen molar-refractivity contribution < 1.29 is 14.7 Å². The summed E-state index contributed by atoms with van der Waals surface area (Å²) >= 11 is 3.30. The molecule has 1 amide bonds. The Morgan fingerprint density at radius 3 is 2.38 bits per heavy atom. The third-order valence-corrected chi connectivity index (χ3v) is 2.87. The van der Waals surface area contributed by atoms with Gasteiger partial charge in [-0.05, 0) is 47.0 Å². The number of aromatic carboxylic acids is 1. The Bertz CT molecular complexity index is 469. The fraction of sp³-hybridized carbons (Fsp3) is 0.273. The lowest BCUT2D eigenvalue weighted by Gasteiger charge is -2.13. The Hall–Kier alpha value is -1.36. The number of aryl methyl sites for hydroxylation is 1. The molecule has 0 aliphatic carbocycles. The number of benzene rings is 1. The maximum atomic E-state index is 11.1. The van der Waals surface area contributed by atoms with Gasteiger partial charge >= 0.3 is 5.97 Å². The molecule has 0 radical (unpaired) electrons. The second-order valence-electron chi connectivity index (χ2n) is 3.54. The summed E-state index contributed by atoms with van der Waals surface area (Å²) in [7, 11) is 0. The minimum atomic E-state index is -0.992. The van der Waals surface area contributed by atoms with Gasteiger partial charge in [-0.2, -0.15) is 0 Å². The number of hydrogen-bond acceptors (Lipinski definition) is 2. The fourth-order valence-electron chi connectivity index (χ4n) is 1.59. The molecule has 0 spiro atoms. The van der Waals surface area contributed by atoms with Crippen molar-refractivity contribution >= 4 is 33.5 Å². The summed E-state index contributed by atoms with van der Waals surface area (Å²) in [6.07, 6.45) is 0. The molecule has 2 N–H and O–H groups in total. The van der Waals surface area contributed by atoms with E-state index in [1.165, 1.54) is 6.92 Å². The van der Waals surface area contributed by atoms with E-state index in [9.17, 15) is 9.59 Å². The highest BCUT2D eigenvalue weighted by molar-refractivity contribution is 9.10. The van der Waals surface area contributed by atoms with Crippen LogP contribution in [0.25, 0.3) is 0 Å². The molecular formula is C11H12BrNO3. The van der Waals surface area contributed by atoms with E-state index >= 15 is 0 Å². The van der Waals surface area contributed by atoms with Crippen molar-refractivity contribution in [3.05, 3.63) is 27.2 Å². The van der Waals surface area contributed by atoms with Crippen molar-refractivity contribution in [3.63, 3.8) is 0 Å². The first-order valence-electron chi connectivity index (χ1n) is 4.65. The summed E-state index contributed by atoms with van der Waals surface area (Å²) in [6.45, 7) is 4.78. The van der Waals surface area contributed by atoms with E-state index in [4.69, 9.17) is 5.11 Å². The topological polar surface area (TPSA) is 66.4 Å². The van der Waals surface area contributed by atoms with Crippen LogP contribution in [-0.4, -0.2) is 17.0 Å². The molecular weight excluding hydrogens is 274 g/mol. The number of carbonyl (C=O) groups excluding carboxylic acids is 1. The molecule has 16 heavy (non-hydrogen) atoms. The lowest BCUT2D eigenvalue weighted by Crippen LogP contribution is -2.12. The van der Waals surface area contributed by atoms with Crippen molar-refractivity contribution in [2.45, 2.75) is 20.8 Å². The minimum absolute atomic E-state index is 0.229. The number of hydrogen-bond donors (Lipinski definition) is 2. The van der Waals surface area contributed by atoms with Gasteiger partial charge in [-0.1, -0.05) is 0 Å². The number of rotatable bonds is 2. The molecule has 0 aliphatic rings. The quantitative estimate of drug-likeness (QED) is 0.878. The van der Waals surface area contributed by atoms with E-state index in [0.29, 0.717) is 21.3 Å². The van der Waals surface area contributed by atoms with Gasteiger partial charge in [0.1, 0.15) is 0 Å². The summed E-state index contributed by atoms with van der Waals surface area (Å²) in [5.74, 6) is -1.22. The lowest BCUT2D eigenvalue weighted by atomic mass is 10.0. The molecule has 0 heterocycles. The minimum Gasteiger partial charge on any atom is -0.478 e. The highest BCUT2D eigenvalue weighted by Gasteiger charge is 2.17. The van der Waals surface area contributed by atoms with Crippen molar-refractivity contribution in [1.82, 2.24) is 0 Å². The van der Waals surface area contributed by atoms with Gasteiger partial charge in [-0.3, -0.25) is 4.79 Å². The molecule has 0 saturated heterocycles. The van der Waals surface area contributed by atoms with E-state index in [1.54, 1.807) is 19.9 Å². The molecule has 5 heteroatoms. The molecule has 0 saturated carbocycles. The Balaban J connectivity index is 3.44. The van der Waals surface area contributed by atoms with Crippen molar-refractivity contribution in [3.8, 4) is 0 Å². The molecule has 0 atom stereocenters. The van der Waals surface area contributed by atoms with Crippen LogP contribution in [-0.2, 0) is 4.79 Å². The number of carbonyl (C=O) groups is 2. The van der Waals surface area contributed by atoms with Gasteiger partial charge in [-0.25, -0.2) is 4.79 Å². The van der Waals surface area contributed by atoms with Crippen LogP contribution in [0.4, 0.5) is 5.69 Å². The monoisotopic (exact) mass is 285 g/mol. The first-order chi connectivity index (χ1) is 7.34. The van der Waals surface area contributed by atoms with Gasteiger partial charge in [0.25, 0.3) is 0 Å². The fourth-order valence-corrected chi connectivity index (χ4v) is 2.33. The summed E-state index contributed by atoms with van der Waals surface area (Å²) in [5, 5.41) is 11.7. The zero-order valence-corrected chi connectivity index (χ0v) is 10.8. The second kappa shape index (κ2) is 4.65. The average molecular weight is 286 g/mol. The zero-order valence-electron chi connectivity index (χ0n) is 9.22. The zero-order chi connectivity index (χ0) is 12.5. The van der Waals surface area contributed by atoms with E-state index in [2.05, 4.69) is 21.2 Å². The SMILES string of the molecule is CC(=O)Nc1c(Br)cc(C)c(C(=O)O)c1C. The van der Waals surface area contributed by atoms with Crippen LogP contribution in [0.2, 0.25) is 0 Å². The third-order valence-electron chi connectivity index (χ3n) is 2.24. The summed E-state index contributed by atoms with van der Waals surface area (Å²) < 4.78 is 0.683. The maximum Gasteiger partial charge on any atom is 0.336 e. The predicted octanol–water partition coefficient (Wildman–Crippen LogP) is 2.72. The number of carboxylic acids is 1. The number of anilines is 1. The van der Waals surface area contributed by atoms with E-state index in [-0.39, 0.29) is 11.5 Å². The Morgan fingerprint density at radius 1 is 1.38 bits per heavy atom. The highest BCUT2D eigenvalue weighted by atomic mass is 79.9. The molecule has 86 valence electrons. The maximum absolute atomic E-state index is 11.1. The molecule has 0 fully saturated rings. The van der Waals surface area contributed by atoms with Gasteiger partial charge in [0.05, 0.1) is 11.3 Å². The summed E-state index contributed by atoms with van der Waals surface area (Å²) in [6, 6.07) is 1.68. The normalized spacial score (nSPS) is 10.0. The number of halogens is 1. The molecule has 1 aromatic carbocycles. The molecule has 0 bridgehead atoms. The van der Waals surface area contributed by atoms with Gasteiger partial charge in [0.15, 0.2) is 0 Å². The Labute approximate surface area is 102 Å². The molecule has 1 rings (SSSR count). The van der Waals surface area contributed by atoms with Crippen molar-refractivity contribution in [1.29, 1.82) is 0 Å². The molecule has 4 nitrogen and oxygen atoms in total. The van der Waals surface area contributed by atoms with E-state index in [1.807, 2.05) is 0 Å². The standard InChI is InChI=1S/C11H12BrNO3/c1-5-4-8(12)10(13-7(3)14)6(2)9(5)11(15)16/h4H,1-3H3,(H,13,14)(H,15,16). The molecule has 0 aromatic heterocycles. The van der Waals surface area contributed by atoms with Crippen LogP contribution in [0.3, 0.4) is 0 Å². The van der Waals surface area contributed by atoms with E-state index in [0.717, 1.165) is 0 Å². The van der Waals surface area contributed by atoms with Crippen LogP contribution in [0, 0.1) is 13.8 Å². The van der Waals surface area contributed by atoms with Crippen LogP contribution < -0.4 is 5.32 Å². The first kappa shape index (κ1) is 12.7. The largest absolute Gasteiger partial charge is 0.478 e. The smallest absolute Gasteiger partial charge is 0.336 e. The van der Waals surface area contributed by atoms with E-state index < -0.39 is 5.97 Å². The summed E-state index contributed by atoms with van der Waals surface area (Å²) in [5.41, 5.74) is 1.95. The van der Waals surface area contributed by atoms with Gasteiger partial charge in [0, 0.05) is 11.4 Å². The number of amides is 1. The number of carboxylic acid groups (broad SMARTS) is 1. The second-order valence-corrected chi connectivity index (χ2v) is 4.39. The number of nitrogens with one attached hydrogen (secondary N) is 1. The van der Waals surface area contributed by atoms with Crippen molar-refractivity contribution in [2.24, 2.45) is 0 Å². The van der Waals surface area contributed by atoms with Gasteiger partial charge in [-0.15, -0.1) is 0 Å². The third kappa shape index (κ3) is 2.41. The van der Waals surface area contributed by atoms with Crippen molar-refractivity contribution in [2.75, 3.05) is 5.32 Å². The first-order valence-corrected chi connectivity index (χ1v) is 5.44. The molecule has 0 aliphatic heterocycles. The van der Waals surface area contributed by atoms with Crippen LogP contribution in [0.15, 0.2) is 10.5 Å². The van der Waals surface area contributed by atoms with Crippen LogP contribution in [0.1, 0.15) is 28.4 Å². The van der Waals surface area contributed by atoms with Gasteiger partial charge < -0.3 is 10.4 Å². The van der Waals surface area contributed by atoms with Gasteiger partial charge in [0.2, 0.25) is 5.91 Å². The predicted molar refractivity (Wildman–Crippen MR) is 64.9 cm³/mol. The average Bonchev–Trinajstić information content (AvgIpc) is 2.10. The Kier molecular flexibility index (Phi) is 3.70. The lowest BCUT2D eigenvalue weighted by molar-refractivity contribution is -0.114. The Morgan fingerprint density at radius 2 is 1.94 bits per heavy atom. The van der Waals surface area contributed by atoms with Crippen LogP contribution in [0.5, 0.6) is 0 Å². The highest BCUT2D eigenvalue weighted by Crippen LogP contribution is 2.31. The molecule has 0 unspecified atom stereocenters.